The zero-order valence-electron chi connectivity index (χ0n) is 10.5. The highest BCUT2D eigenvalue weighted by Crippen LogP contribution is 2.40. The first-order valence-corrected chi connectivity index (χ1v) is 6.01. The minimum Gasteiger partial charge on any atom is -0.392 e. The summed E-state index contributed by atoms with van der Waals surface area (Å²) in [6.45, 7) is 10.4. The Bertz CT molecular complexity index is 204. The number of aliphatic hydroxyl groups excluding tert-OH is 1. The summed E-state index contributed by atoms with van der Waals surface area (Å²) in [5.41, 5.74) is 5.75. The third kappa shape index (κ3) is 2.71. The molecule has 0 spiro atoms. The number of hydrogen-bond donors (Lipinski definition) is 3. The van der Waals surface area contributed by atoms with Gasteiger partial charge < -0.3 is 16.2 Å². The fourth-order valence-electron chi connectivity index (χ4n) is 2.13. The molecule has 1 aliphatic carbocycles. The Balaban J connectivity index is 2.32. The Morgan fingerprint density at radius 2 is 2.07 bits per heavy atom. The molecule has 1 saturated carbocycles. The van der Waals surface area contributed by atoms with Crippen molar-refractivity contribution in [2.45, 2.75) is 46.3 Å². The molecule has 0 aromatic heterocycles. The molecule has 1 aliphatic rings. The van der Waals surface area contributed by atoms with E-state index in [1.165, 1.54) is 0 Å². The van der Waals surface area contributed by atoms with Gasteiger partial charge in [0.25, 0.3) is 0 Å². The highest BCUT2D eigenvalue weighted by atomic mass is 16.3. The van der Waals surface area contributed by atoms with Gasteiger partial charge in [-0.3, -0.25) is 0 Å². The maximum Gasteiger partial charge on any atom is 0.0621 e. The second-order valence-electron chi connectivity index (χ2n) is 5.77. The third-order valence-corrected chi connectivity index (χ3v) is 4.09. The van der Waals surface area contributed by atoms with E-state index < -0.39 is 0 Å². The average Bonchev–Trinajstić information content (AvgIpc) is 2.16. The van der Waals surface area contributed by atoms with Crippen LogP contribution in [-0.4, -0.2) is 30.3 Å². The van der Waals surface area contributed by atoms with Gasteiger partial charge in [0, 0.05) is 11.5 Å². The molecule has 1 rings (SSSR count). The van der Waals surface area contributed by atoms with E-state index in [1.54, 1.807) is 0 Å². The van der Waals surface area contributed by atoms with Crippen molar-refractivity contribution in [2.24, 2.45) is 23.0 Å². The van der Waals surface area contributed by atoms with Gasteiger partial charge in [0.05, 0.1) is 6.10 Å². The van der Waals surface area contributed by atoms with E-state index in [0.717, 1.165) is 19.5 Å². The lowest BCUT2D eigenvalue weighted by Gasteiger charge is -2.50. The molecule has 0 saturated heterocycles. The van der Waals surface area contributed by atoms with Gasteiger partial charge in [0.15, 0.2) is 0 Å². The van der Waals surface area contributed by atoms with Gasteiger partial charge in [-0.25, -0.2) is 0 Å². The number of nitrogens with one attached hydrogen (secondary N) is 1. The fourth-order valence-corrected chi connectivity index (χ4v) is 2.13. The largest absolute Gasteiger partial charge is 0.392 e. The van der Waals surface area contributed by atoms with Gasteiger partial charge in [-0.15, -0.1) is 0 Å². The molecule has 0 aliphatic heterocycles. The summed E-state index contributed by atoms with van der Waals surface area (Å²) in [5.74, 6) is 1.16. The maximum atomic E-state index is 9.61. The van der Waals surface area contributed by atoms with Crippen molar-refractivity contribution in [1.82, 2.24) is 5.32 Å². The Hall–Kier alpha value is -0.120. The maximum absolute atomic E-state index is 9.61. The molecule has 3 unspecified atom stereocenters. The molecule has 0 bridgehead atoms. The quantitative estimate of drug-likeness (QED) is 0.639. The first-order chi connectivity index (χ1) is 6.89. The minimum atomic E-state index is -0.148. The number of nitrogens with two attached hydrogens (primary N) is 1. The molecule has 0 heterocycles. The minimum absolute atomic E-state index is 0.0239. The molecule has 4 N–H and O–H groups in total. The van der Waals surface area contributed by atoms with Crippen LogP contribution in [0.5, 0.6) is 0 Å². The van der Waals surface area contributed by atoms with E-state index >= 15 is 0 Å². The van der Waals surface area contributed by atoms with Crippen LogP contribution in [0.3, 0.4) is 0 Å². The molecule has 0 amide bonds. The van der Waals surface area contributed by atoms with E-state index in [1.807, 2.05) is 0 Å². The van der Waals surface area contributed by atoms with Crippen molar-refractivity contribution in [3.05, 3.63) is 0 Å². The molecule has 15 heavy (non-hydrogen) atoms. The fraction of sp³-hybridized carbons (Fsp3) is 1.00. The van der Waals surface area contributed by atoms with Crippen LogP contribution in [-0.2, 0) is 0 Å². The van der Waals surface area contributed by atoms with Gasteiger partial charge in [-0.1, -0.05) is 27.7 Å². The van der Waals surface area contributed by atoms with E-state index in [9.17, 15) is 5.11 Å². The summed E-state index contributed by atoms with van der Waals surface area (Å²) in [6, 6.07) is 0.445. The predicted molar refractivity (Wildman–Crippen MR) is 63.6 cm³/mol. The summed E-state index contributed by atoms with van der Waals surface area (Å²) in [5, 5.41) is 13.1. The van der Waals surface area contributed by atoms with Crippen molar-refractivity contribution in [3.8, 4) is 0 Å². The Morgan fingerprint density at radius 3 is 2.40 bits per heavy atom. The number of aliphatic hydroxyl groups is 1. The molecule has 90 valence electrons. The Morgan fingerprint density at radius 1 is 1.47 bits per heavy atom. The van der Waals surface area contributed by atoms with Crippen LogP contribution in [0.25, 0.3) is 0 Å². The van der Waals surface area contributed by atoms with Gasteiger partial charge in [-0.2, -0.15) is 0 Å². The standard InChI is InChI=1S/C12H26N2O/c1-8(2)9(6-13)7-14-10-5-11(15)12(10,3)4/h8-11,14-15H,5-7,13H2,1-4H3. The monoisotopic (exact) mass is 214 g/mol. The summed E-state index contributed by atoms with van der Waals surface area (Å²) in [6.07, 6.45) is 0.730. The van der Waals surface area contributed by atoms with Gasteiger partial charge >= 0.3 is 0 Å². The van der Waals surface area contributed by atoms with E-state index in [4.69, 9.17) is 5.73 Å². The molecular weight excluding hydrogens is 188 g/mol. The van der Waals surface area contributed by atoms with Crippen molar-refractivity contribution < 1.29 is 5.11 Å². The molecule has 0 aromatic rings. The lowest BCUT2D eigenvalue weighted by atomic mass is 9.64. The van der Waals surface area contributed by atoms with E-state index in [0.29, 0.717) is 17.9 Å². The summed E-state index contributed by atoms with van der Waals surface area (Å²) in [4.78, 5) is 0. The summed E-state index contributed by atoms with van der Waals surface area (Å²) in [7, 11) is 0. The molecule has 0 aromatic carbocycles. The van der Waals surface area contributed by atoms with Crippen molar-refractivity contribution in [1.29, 1.82) is 0 Å². The molecule has 3 nitrogen and oxygen atoms in total. The lowest BCUT2D eigenvalue weighted by Crippen LogP contribution is -2.60. The number of rotatable bonds is 5. The first kappa shape index (κ1) is 12.9. The van der Waals surface area contributed by atoms with Crippen molar-refractivity contribution >= 4 is 0 Å². The van der Waals surface area contributed by atoms with Gasteiger partial charge in [-0.05, 0) is 31.3 Å². The van der Waals surface area contributed by atoms with Crippen LogP contribution in [0, 0.1) is 17.3 Å². The molecule has 3 atom stereocenters. The van der Waals surface area contributed by atoms with Crippen LogP contribution in [0.1, 0.15) is 34.1 Å². The van der Waals surface area contributed by atoms with Crippen LogP contribution < -0.4 is 11.1 Å². The summed E-state index contributed by atoms with van der Waals surface area (Å²) >= 11 is 0. The smallest absolute Gasteiger partial charge is 0.0621 e. The third-order valence-electron chi connectivity index (χ3n) is 4.09. The number of hydrogen-bond acceptors (Lipinski definition) is 3. The second kappa shape index (κ2) is 4.81. The van der Waals surface area contributed by atoms with Crippen LogP contribution in [0.15, 0.2) is 0 Å². The average molecular weight is 214 g/mol. The topological polar surface area (TPSA) is 58.3 Å². The molecular formula is C12H26N2O. The SMILES string of the molecule is CC(C)C(CN)CNC1CC(O)C1(C)C. The predicted octanol–water partition coefficient (Wildman–Crippen LogP) is 0.966. The zero-order chi connectivity index (χ0) is 11.6. The van der Waals surface area contributed by atoms with E-state index in [2.05, 4.69) is 33.0 Å². The van der Waals surface area contributed by atoms with Gasteiger partial charge in [0.1, 0.15) is 0 Å². The first-order valence-electron chi connectivity index (χ1n) is 6.01. The van der Waals surface area contributed by atoms with Gasteiger partial charge in [0.2, 0.25) is 0 Å². The van der Waals surface area contributed by atoms with E-state index in [-0.39, 0.29) is 11.5 Å². The normalized spacial score (nSPS) is 31.4. The molecule has 1 fully saturated rings. The van der Waals surface area contributed by atoms with Crippen LogP contribution in [0.2, 0.25) is 0 Å². The van der Waals surface area contributed by atoms with Crippen LogP contribution >= 0.6 is 0 Å². The Labute approximate surface area is 93.4 Å². The molecule has 3 heteroatoms. The second-order valence-corrected chi connectivity index (χ2v) is 5.77. The summed E-state index contributed by atoms with van der Waals surface area (Å²) < 4.78 is 0. The van der Waals surface area contributed by atoms with Crippen molar-refractivity contribution in [2.75, 3.05) is 13.1 Å². The Kier molecular flexibility index (Phi) is 4.15. The lowest BCUT2D eigenvalue weighted by molar-refractivity contribution is -0.0735. The highest BCUT2D eigenvalue weighted by molar-refractivity contribution is 5.01. The zero-order valence-corrected chi connectivity index (χ0v) is 10.5. The van der Waals surface area contributed by atoms with Crippen molar-refractivity contribution in [3.63, 3.8) is 0 Å². The van der Waals surface area contributed by atoms with Crippen LogP contribution in [0.4, 0.5) is 0 Å². The molecule has 0 radical (unpaired) electrons. The highest BCUT2D eigenvalue weighted by Gasteiger charge is 2.46.